The second-order valence-corrected chi connectivity index (χ2v) is 4.69. The molecule has 0 aliphatic heterocycles. The second-order valence-electron chi connectivity index (χ2n) is 2.93. The van der Waals surface area contributed by atoms with E-state index in [2.05, 4.69) is 23.9 Å². The van der Waals surface area contributed by atoms with Crippen LogP contribution in [-0.2, 0) is 0 Å². The maximum Gasteiger partial charge on any atom is 0.0509 e. The van der Waals surface area contributed by atoms with Crippen LogP contribution in [-0.4, -0.2) is 22.0 Å². The summed E-state index contributed by atoms with van der Waals surface area (Å²) in [5, 5.41) is 0.921. The Bertz CT molecular complexity index is 102. The molecule has 0 amide bonds. The molecule has 1 fully saturated rings. The van der Waals surface area contributed by atoms with Crippen molar-refractivity contribution in [3.8, 4) is 0 Å². The summed E-state index contributed by atoms with van der Waals surface area (Å²) in [4.78, 5) is 0. The number of rotatable bonds is 4. The van der Waals surface area contributed by atoms with E-state index in [4.69, 9.17) is 0 Å². The number of nitrogens with zero attached hydrogens (tertiary/aromatic N) is 1. The van der Waals surface area contributed by atoms with Crippen LogP contribution in [0.1, 0.15) is 32.6 Å². The monoisotopic (exact) mass is 191 g/mol. The Balaban J connectivity index is 2.27. The molecule has 0 unspecified atom stereocenters. The molecule has 0 saturated heterocycles. The van der Waals surface area contributed by atoms with Gasteiger partial charge in [-0.15, -0.1) is 0 Å². The third kappa shape index (κ3) is 2.88. The number of hydrogen-bond acceptors (Lipinski definition) is 3. The van der Waals surface area contributed by atoms with E-state index < -0.39 is 0 Å². The topological polar surface area (TPSA) is 3.24 Å². The highest BCUT2D eigenvalue weighted by Crippen LogP contribution is 2.28. The Hall–Kier alpha value is 0.660. The van der Waals surface area contributed by atoms with Crippen LogP contribution in [0.25, 0.3) is 0 Å². The molecule has 1 saturated carbocycles. The molecule has 0 aromatic rings. The fourth-order valence-corrected chi connectivity index (χ4v) is 2.92. The van der Waals surface area contributed by atoms with E-state index in [1.807, 2.05) is 11.9 Å². The molecule has 66 valence electrons. The predicted octanol–water partition coefficient (Wildman–Crippen LogP) is 2.79. The zero-order valence-electron chi connectivity index (χ0n) is 7.12. The molecule has 11 heavy (non-hydrogen) atoms. The molecule has 0 heterocycles. The average molecular weight is 191 g/mol. The van der Waals surface area contributed by atoms with Gasteiger partial charge in [-0.1, -0.05) is 31.7 Å². The van der Waals surface area contributed by atoms with Gasteiger partial charge in [-0.25, -0.2) is 4.31 Å². The lowest BCUT2D eigenvalue weighted by Crippen LogP contribution is -2.26. The van der Waals surface area contributed by atoms with E-state index in [0.717, 1.165) is 17.7 Å². The highest BCUT2D eigenvalue weighted by Gasteiger charge is 2.20. The van der Waals surface area contributed by atoms with Gasteiger partial charge < -0.3 is 0 Å². The van der Waals surface area contributed by atoms with Crippen molar-refractivity contribution in [1.29, 1.82) is 0 Å². The van der Waals surface area contributed by atoms with E-state index in [1.165, 1.54) is 25.7 Å². The van der Waals surface area contributed by atoms with Gasteiger partial charge in [0.05, 0.1) is 5.08 Å². The van der Waals surface area contributed by atoms with Crippen molar-refractivity contribution in [2.24, 2.45) is 0 Å². The minimum Gasteiger partial charge on any atom is -0.247 e. The summed E-state index contributed by atoms with van der Waals surface area (Å²) in [7, 11) is 0. The quantitative estimate of drug-likeness (QED) is 0.413. The van der Waals surface area contributed by atoms with Crippen molar-refractivity contribution in [1.82, 2.24) is 4.31 Å². The van der Waals surface area contributed by atoms with E-state index in [9.17, 15) is 0 Å². The highest BCUT2D eigenvalue weighted by molar-refractivity contribution is 8.07. The van der Waals surface area contributed by atoms with Crippen LogP contribution in [0.15, 0.2) is 0 Å². The molecule has 0 radical (unpaired) electrons. The first kappa shape index (κ1) is 9.75. The summed E-state index contributed by atoms with van der Waals surface area (Å²) in [6.07, 6.45) is 5.64. The van der Waals surface area contributed by atoms with Gasteiger partial charge in [-0.05, 0) is 12.8 Å². The number of thiol groups is 1. The van der Waals surface area contributed by atoms with Crippen molar-refractivity contribution >= 4 is 24.6 Å². The van der Waals surface area contributed by atoms with Crippen molar-refractivity contribution < 1.29 is 0 Å². The first-order chi connectivity index (χ1) is 5.38. The van der Waals surface area contributed by atoms with Gasteiger partial charge in [-0.2, -0.15) is 12.6 Å². The molecule has 1 nitrogen and oxygen atoms in total. The van der Waals surface area contributed by atoms with Crippen molar-refractivity contribution in [3.05, 3.63) is 0 Å². The molecule has 0 spiro atoms. The Labute approximate surface area is 79.5 Å². The maximum absolute atomic E-state index is 4.23. The zero-order valence-corrected chi connectivity index (χ0v) is 8.83. The largest absolute Gasteiger partial charge is 0.247 e. The van der Waals surface area contributed by atoms with E-state index in [-0.39, 0.29) is 0 Å². The molecule has 3 heteroatoms. The van der Waals surface area contributed by atoms with Crippen LogP contribution in [0.2, 0.25) is 0 Å². The molecular weight excluding hydrogens is 174 g/mol. The zero-order chi connectivity index (χ0) is 8.10. The lowest BCUT2D eigenvalue weighted by molar-refractivity contribution is 0.373. The minimum absolute atomic E-state index is 0.845. The Morgan fingerprint density at radius 2 is 2.09 bits per heavy atom. The third-order valence-electron chi connectivity index (χ3n) is 2.27. The molecule has 1 aliphatic carbocycles. The van der Waals surface area contributed by atoms with Crippen LogP contribution >= 0.6 is 24.6 Å². The molecule has 0 aromatic heterocycles. The first-order valence-electron chi connectivity index (χ1n) is 4.39. The van der Waals surface area contributed by atoms with Crippen LogP contribution in [0.4, 0.5) is 0 Å². The van der Waals surface area contributed by atoms with Gasteiger partial charge in [0, 0.05) is 12.6 Å². The van der Waals surface area contributed by atoms with Gasteiger partial charge >= 0.3 is 0 Å². The summed E-state index contributed by atoms with van der Waals surface area (Å²) in [6.45, 7) is 3.39. The average Bonchev–Trinajstić information content (AvgIpc) is 2.52. The summed E-state index contributed by atoms with van der Waals surface area (Å²) in [5.41, 5.74) is 0. The Kier molecular flexibility index (Phi) is 4.72. The molecular formula is C8H17NS2. The van der Waals surface area contributed by atoms with Crippen LogP contribution in [0.3, 0.4) is 0 Å². The molecule has 0 atom stereocenters. The maximum atomic E-state index is 4.23. The van der Waals surface area contributed by atoms with Crippen LogP contribution < -0.4 is 0 Å². The van der Waals surface area contributed by atoms with Gasteiger partial charge in [0.25, 0.3) is 0 Å². The summed E-state index contributed by atoms with van der Waals surface area (Å²) >= 11 is 6.10. The van der Waals surface area contributed by atoms with Gasteiger partial charge in [0.2, 0.25) is 0 Å². The highest BCUT2D eigenvalue weighted by atomic mass is 32.2. The summed E-state index contributed by atoms with van der Waals surface area (Å²) in [6, 6.07) is 0.845. The van der Waals surface area contributed by atoms with Crippen molar-refractivity contribution in [3.63, 3.8) is 0 Å². The third-order valence-corrected chi connectivity index (χ3v) is 3.62. The van der Waals surface area contributed by atoms with Crippen LogP contribution in [0, 0.1) is 0 Å². The lowest BCUT2D eigenvalue weighted by atomic mass is 10.2. The fraction of sp³-hybridized carbons (Fsp3) is 1.00. The lowest BCUT2D eigenvalue weighted by Gasteiger charge is -2.24. The fourth-order valence-electron chi connectivity index (χ4n) is 1.72. The molecule has 0 bridgehead atoms. The normalized spacial score (nSPS) is 19.9. The van der Waals surface area contributed by atoms with Crippen LogP contribution in [0.5, 0.6) is 0 Å². The summed E-state index contributed by atoms with van der Waals surface area (Å²) < 4.78 is 2.49. The SMILES string of the molecule is CCN(SCS)C1CCCC1. The van der Waals surface area contributed by atoms with Gasteiger partial charge in [0.1, 0.15) is 0 Å². The van der Waals surface area contributed by atoms with E-state index in [0.29, 0.717) is 0 Å². The molecule has 1 rings (SSSR count). The second kappa shape index (κ2) is 5.33. The molecule has 0 aromatic carbocycles. The van der Waals surface area contributed by atoms with Gasteiger partial charge in [-0.3, -0.25) is 0 Å². The van der Waals surface area contributed by atoms with Gasteiger partial charge in [0.15, 0.2) is 0 Å². The Morgan fingerprint density at radius 3 is 2.55 bits per heavy atom. The van der Waals surface area contributed by atoms with Crippen molar-refractivity contribution in [2.75, 3.05) is 11.6 Å². The standard InChI is InChI=1S/C8H17NS2/c1-2-9(11-7-10)8-5-3-4-6-8/h8,10H,2-7H2,1H3. The smallest absolute Gasteiger partial charge is 0.0509 e. The summed E-state index contributed by atoms with van der Waals surface area (Å²) in [5.74, 6) is 0. The van der Waals surface area contributed by atoms with E-state index >= 15 is 0 Å². The first-order valence-corrected chi connectivity index (χ1v) is 5.96. The van der Waals surface area contributed by atoms with E-state index in [1.54, 1.807) is 0 Å². The predicted molar refractivity (Wildman–Crippen MR) is 56.1 cm³/mol. The molecule has 0 N–H and O–H groups in total. The Morgan fingerprint density at radius 1 is 1.45 bits per heavy atom. The molecule has 1 aliphatic rings. The minimum atomic E-state index is 0.845. The van der Waals surface area contributed by atoms with Crippen molar-refractivity contribution in [2.45, 2.75) is 38.6 Å². The number of hydrogen-bond donors (Lipinski definition) is 1.